The van der Waals surface area contributed by atoms with Gasteiger partial charge in [-0.1, -0.05) is 13.3 Å². The summed E-state index contributed by atoms with van der Waals surface area (Å²) in [5.41, 5.74) is 5.22. The maximum atomic E-state index is 12.1. The molecule has 0 unspecified atom stereocenters. The highest BCUT2D eigenvalue weighted by molar-refractivity contribution is 5.90. The molecule has 2 heterocycles. The molecule has 0 saturated heterocycles. The van der Waals surface area contributed by atoms with Crippen molar-refractivity contribution in [1.82, 2.24) is 0 Å². The molecule has 0 bridgehead atoms. The lowest BCUT2D eigenvalue weighted by Gasteiger charge is -2.32. The number of esters is 1. The van der Waals surface area contributed by atoms with Crippen LogP contribution in [0, 0.1) is 20.8 Å². The van der Waals surface area contributed by atoms with Gasteiger partial charge in [-0.25, -0.2) is 9.59 Å². The third-order valence-corrected chi connectivity index (χ3v) is 5.93. The summed E-state index contributed by atoms with van der Waals surface area (Å²) < 4.78 is 16.9. The first-order chi connectivity index (χ1) is 14.9. The number of rotatable bonds is 5. The minimum atomic E-state index is -0.307. The van der Waals surface area contributed by atoms with Crippen molar-refractivity contribution < 1.29 is 18.7 Å². The van der Waals surface area contributed by atoms with E-state index in [-0.39, 0.29) is 11.6 Å². The molecular formula is C25H27NO5. The Labute approximate surface area is 181 Å². The summed E-state index contributed by atoms with van der Waals surface area (Å²) in [6.07, 6.45) is 1.85. The predicted octanol–water partition coefficient (Wildman–Crippen LogP) is 5.03. The van der Waals surface area contributed by atoms with Crippen LogP contribution in [0.4, 0.5) is 5.69 Å². The summed E-state index contributed by atoms with van der Waals surface area (Å²) in [5, 5.41) is 0.934. The molecular weight excluding hydrogens is 394 g/mol. The van der Waals surface area contributed by atoms with Gasteiger partial charge in [0.2, 0.25) is 0 Å². The quantitative estimate of drug-likeness (QED) is 0.327. The molecule has 3 aromatic rings. The Morgan fingerprint density at radius 2 is 1.84 bits per heavy atom. The van der Waals surface area contributed by atoms with E-state index in [0.717, 1.165) is 46.4 Å². The molecule has 0 aliphatic carbocycles. The van der Waals surface area contributed by atoms with Crippen molar-refractivity contribution >= 4 is 22.6 Å². The molecule has 2 aromatic carbocycles. The van der Waals surface area contributed by atoms with Gasteiger partial charge in [0.1, 0.15) is 11.3 Å². The summed E-state index contributed by atoms with van der Waals surface area (Å²) in [7, 11) is 0. The second-order valence-electron chi connectivity index (χ2n) is 8.01. The lowest BCUT2D eigenvalue weighted by molar-refractivity contribution is 0.0500. The Balaban J connectivity index is 1.59. The van der Waals surface area contributed by atoms with Gasteiger partial charge in [-0.05, 0) is 63.1 Å². The Bertz CT molecular complexity index is 1190. The standard InChI is InChI=1S/C25H27NO5/c1-5-6-11-29-25(28)18-7-9-20(10-8-18)26-13-19-12-21-15(2)16(3)24(27)31-23(21)17(4)22(19)30-14-26/h7-10,12H,5-6,11,13-14H2,1-4H3. The van der Waals surface area contributed by atoms with Crippen LogP contribution >= 0.6 is 0 Å². The van der Waals surface area contributed by atoms with E-state index in [1.165, 1.54) is 0 Å². The Morgan fingerprint density at radius 3 is 2.55 bits per heavy atom. The predicted molar refractivity (Wildman–Crippen MR) is 120 cm³/mol. The van der Waals surface area contributed by atoms with Gasteiger partial charge in [0.25, 0.3) is 0 Å². The second-order valence-corrected chi connectivity index (χ2v) is 8.01. The number of hydrogen-bond donors (Lipinski definition) is 0. The largest absolute Gasteiger partial charge is 0.472 e. The van der Waals surface area contributed by atoms with E-state index in [1.807, 2.05) is 26.0 Å². The molecule has 0 atom stereocenters. The van der Waals surface area contributed by atoms with Crippen LogP contribution in [0.5, 0.6) is 5.75 Å². The number of unbranched alkanes of at least 4 members (excludes halogenated alkanes) is 1. The first kappa shape index (κ1) is 21.0. The SMILES string of the molecule is CCCCOC(=O)c1ccc(N2COc3c(cc4c(C)c(C)c(=O)oc4c3C)C2)cc1. The fraction of sp³-hybridized carbons (Fsp3) is 0.360. The van der Waals surface area contributed by atoms with Gasteiger partial charge in [0, 0.05) is 34.3 Å². The number of anilines is 1. The lowest BCUT2D eigenvalue weighted by atomic mass is 9.99. The van der Waals surface area contributed by atoms with E-state index < -0.39 is 0 Å². The highest BCUT2D eigenvalue weighted by atomic mass is 16.5. The molecule has 0 radical (unpaired) electrons. The third-order valence-electron chi connectivity index (χ3n) is 5.93. The van der Waals surface area contributed by atoms with Crippen molar-refractivity contribution in [3.05, 3.63) is 68.6 Å². The van der Waals surface area contributed by atoms with Gasteiger partial charge in [-0.2, -0.15) is 0 Å². The highest BCUT2D eigenvalue weighted by Gasteiger charge is 2.23. The summed E-state index contributed by atoms with van der Waals surface area (Å²) in [4.78, 5) is 26.3. The van der Waals surface area contributed by atoms with E-state index in [1.54, 1.807) is 19.1 Å². The fourth-order valence-electron chi connectivity index (χ4n) is 3.86. The van der Waals surface area contributed by atoms with Crippen LogP contribution in [-0.4, -0.2) is 19.3 Å². The molecule has 1 aromatic heterocycles. The number of ether oxygens (including phenoxy) is 2. The molecule has 4 rings (SSSR count). The molecule has 0 N–H and O–H groups in total. The molecule has 0 saturated carbocycles. The lowest BCUT2D eigenvalue weighted by Crippen LogP contribution is -2.32. The van der Waals surface area contributed by atoms with Gasteiger partial charge in [-0.3, -0.25) is 0 Å². The number of benzene rings is 2. The summed E-state index contributed by atoms with van der Waals surface area (Å²) in [5.74, 6) is 0.473. The number of fused-ring (bicyclic) bond motifs is 2. The Morgan fingerprint density at radius 1 is 1.10 bits per heavy atom. The number of carbonyl (C=O) groups excluding carboxylic acids is 1. The Kier molecular flexibility index (Phi) is 5.72. The van der Waals surface area contributed by atoms with E-state index in [0.29, 0.717) is 36.6 Å². The molecule has 0 amide bonds. The molecule has 6 heteroatoms. The van der Waals surface area contributed by atoms with E-state index in [4.69, 9.17) is 13.9 Å². The first-order valence-corrected chi connectivity index (χ1v) is 10.6. The average molecular weight is 421 g/mol. The van der Waals surface area contributed by atoms with Gasteiger partial charge < -0.3 is 18.8 Å². The minimum Gasteiger partial charge on any atom is -0.472 e. The summed E-state index contributed by atoms with van der Waals surface area (Å²) in [6, 6.07) is 9.44. The zero-order valence-electron chi connectivity index (χ0n) is 18.4. The third kappa shape index (κ3) is 3.90. The van der Waals surface area contributed by atoms with Gasteiger partial charge in [0.05, 0.1) is 12.2 Å². The molecule has 1 aliphatic heterocycles. The van der Waals surface area contributed by atoms with Crippen LogP contribution in [0.1, 0.15) is 52.4 Å². The second kappa shape index (κ2) is 8.46. The maximum Gasteiger partial charge on any atom is 0.339 e. The molecule has 0 spiro atoms. The van der Waals surface area contributed by atoms with Crippen molar-refractivity contribution in [2.24, 2.45) is 0 Å². The van der Waals surface area contributed by atoms with Gasteiger partial charge in [0.15, 0.2) is 6.73 Å². The molecule has 162 valence electrons. The van der Waals surface area contributed by atoms with Crippen LogP contribution in [0.2, 0.25) is 0 Å². The monoisotopic (exact) mass is 421 g/mol. The van der Waals surface area contributed by atoms with E-state index in [9.17, 15) is 9.59 Å². The van der Waals surface area contributed by atoms with Crippen molar-refractivity contribution in [3.8, 4) is 5.75 Å². The number of carbonyl (C=O) groups is 1. The fourth-order valence-corrected chi connectivity index (χ4v) is 3.86. The van der Waals surface area contributed by atoms with Crippen LogP contribution in [0.25, 0.3) is 11.0 Å². The van der Waals surface area contributed by atoms with Crippen LogP contribution < -0.4 is 15.3 Å². The van der Waals surface area contributed by atoms with Crippen LogP contribution in [0.15, 0.2) is 39.5 Å². The maximum absolute atomic E-state index is 12.1. The van der Waals surface area contributed by atoms with Crippen LogP contribution in [-0.2, 0) is 11.3 Å². The van der Waals surface area contributed by atoms with E-state index >= 15 is 0 Å². The minimum absolute atomic E-state index is 0.297. The van der Waals surface area contributed by atoms with Crippen molar-refractivity contribution in [2.75, 3.05) is 18.2 Å². The number of nitrogens with zero attached hydrogens (tertiary/aromatic N) is 1. The normalized spacial score (nSPS) is 13.1. The van der Waals surface area contributed by atoms with Gasteiger partial charge in [-0.15, -0.1) is 0 Å². The number of aryl methyl sites for hydroxylation is 2. The summed E-state index contributed by atoms with van der Waals surface area (Å²) in [6.45, 7) is 9.18. The van der Waals surface area contributed by atoms with E-state index in [2.05, 4.69) is 17.9 Å². The van der Waals surface area contributed by atoms with Gasteiger partial charge >= 0.3 is 11.6 Å². The number of hydrogen-bond acceptors (Lipinski definition) is 6. The molecule has 0 fully saturated rings. The first-order valence-electron chi connectivity index (χ1n) is 10.6. The topological polar surface area (TPSA) is 69.0 Å². The van der Waals surface area contributed by atoms with Crippen molar-refractivity contribution in [1.29, 1.82) is 0 Å². The van der Waals surface area contributed by atoms with Crippen molar-refractivity contribution in [2.45, 2.75) is 47.1 Å². The van der Waals surface area contributed by atoms with Crippen molar-refractivity contribution in [3.63, 3.8) is 0 Å². The smallest absolute Gasteiger partial charge is 0.339 e. The Hall–Kier alpha value is -3.28. The molecule has 31 heavy (non-hydrogen) atoms. The zero-order chi connectivity index (χ0) is 22.1. The average Bonchev–Trinajstić information content (AvgIpc) is 2.78. The zero-order valence-corrected chi connectivity index (χ0v) is 18.4. The molecule has 6 nitrogen and oxygen atoms in total. The highest BCUT2D eigenvalue weighted by Crippen LogP contribution is 2.37. The molecule has 1 aliphatic rings. The summed E-state index contributed by atoms with van der Waals surface area (Å²) >= 11 is 0. The van der Waals surface area contributed by atoms with Crippen LogP contribution in [0.3, 0.4) is 0 Å².